The van der Waals surface area contributed by atoms with E-state index >= 15 is 0 Å². The molecule has 0 heterocycles. The summed E-state index contributed by atoms with van der Waals surface area (Å²) in [5.41, 5.74) is 5.37. The second-order valence-corrected chi connectivity index (χ2v) is 3.05. The number of hydrogen-bond acceptors (Lipinski definition) is 2. The molecule has 12 heavy (non-hydrogen) atoms. The monoisotopic (exact) mass is 164 g/mol. The Morgan fingerprint density at radius 2 is 2.25 bits per heavy atom. The molecule has 2 heteroatoms. The van der Waals surface area contributed by atoms with Gasteiger partial charge in [0.2, 0.25) is 0 Å². The van der Waals surface area contributed by atoms with E-state index in [0.717, 1.165) is 19.4 Å². The molecule has 3 N–H and O–H groups in total. The zero-order valence-corrected chi connectivity index (χ0v) is 7.51. The molecular weight excluding hydrogens is 148 g/mol. The maximum Gasteiger partial charge on any atom is 0.0101 e. The van der Waals surface area contributed by atoms with Crippen LogP contribution in [0.25, 0.3) is 0 Å². The van der Waals surface area contributed by atoms with Gasteiger partial charge in [0, 0.05) is 6.54 Å². The Balaban J connectivity index is 2.41. The minimum absolute atomic E-state index is 0.883. The normalized spacial score (nSPS) is 10.2. The first-order valence-electron chi connectivity index (χ1n) is 4.32. The first kappa shape index (κ1) is 9.23. The minimum Gasteiger partial charge on any atom is -0.271 e. The molecule has 1 aromatic carbocycles. The Kier molecular flexibility index (Phi) is 3.77. The lowest BCUT2D eigenvalue weighted by Crippen LogP contribution is -2.23. The molecule has 2 nitrogen and oxygen atoms in total. The van der Waals surface area contributed by atoms with E-state index in [1.165, 1.54) is 11.1 Å². The molecule has 0 radical (unpaired) electrons. The summed E-state index contributed by atoms with van der Waals surface area (Å²) in [7, 11) is 0. The van der Waals surface area contributed by atoms with E-state index in [9.17, 15) is 0 Å². The van der Waals surface area contributed by atoms with Crippen molar-refractivity contribution in [2.45, 2.75) is 19.8 Å². The highest BCUT2D eigenvalue weighted by Crippen LogP contribution is 2.05. The van der Waals surface area contributed by atoms with Crippen molar-refractivity contribution < 1.29 is 0 Å². The lowest BCUT2D eigenvalue weighted by Gasteiger charge is -2.01. The van der Waals surface area contributed by atoms with Crippen LogP contribution in [0.5, 0.6) is 0 Å². The fourth-order valence-electron chi connectivity index (χ4n) is 1.26. The van der Waals surface area contributed by atoms with Crippen LogP contribution in [0.3, 0.4) is 0 Å². The molecule has 0 saturated heterocycles. The predicted octanol–water partition coefficient (Wildman–Crippen LogP) is 1.39. The minimum atomic E-state index is 0.883. The number of aryl methyl sites for hydroxylation is 2. The van der Waals surface area contributed by atoms with Crippen molar-refractivity contribution in [1.82, 2.24) is 5.43 Å². The fraction of sp³-hybridized carbons (Fsp3) is 0.400. The van der Waals surface area contributed by atoms with Crippen LogP contribution in [0.4, 0.5) is 0 Å². The Hall–Kier alpha value is -0.860. The van der Waals surface area contributed by atoms with Crippen LogP contribution >= 0.6 is 0 Å². The topological polar surface area (TPSA) is 38.0 Å². The second kappa shape index (κ2) is 4.91. The molecule has 1 aromatic rings. The van der Waals surface area contributed by atoms with Gasteiger partial charge in [-0.15, -0.1) is 0 Å². The third-order valence-electron chi connectivity index (χ3n) is 1.87. The molecule has 0 aliphatic heterocycles. The molecule has 66 valence electrons. The summed E-state index contributed by atoms with van der Waals surface area (Å²) in [5, 5.41) is 0. The highest BCUT2D eigenvalue weighted by molar-refractivity contribution is 5.22. The zero-order chi connectivity index (χ0) is 8.81. The molecule has 0 bridgehead atoms. The molecule has 0 saturated carbocycles. The predicted molar refractivity (Wildman–Crippen MR) is 51.7 cm³/mol. The summed E-state index contributed by atoms with van der Waals surface area (Å²) in [6.45, 7) is 3.00. The zero-order valence-electron chi connectivity index (χ0n) is 7.51. The van der Waals surface area contributed by atoms with E-state index in [0.29, 0.717) is 0 Å². The summed E-state index contributed by atoms with van der Waals surface area (Å²) >= 11 is 0. The highest BCUT2D eigenvalue weighted by atomic mass is 15.2. The van der Waals surface area contributed by atoms with Crippen LogP contribution in [0, 0.1) is 6.92 Å². The van der Waals surface area contributed by atoms with Gasteiger partial charge in [-0.3, -0.25) is 11.3 Å². The number of hydrazine groups is 1. The summed E-state index contributed by atoms with van der Waals surface area (Å²) in [5.74, 6) is 5.17. The van der Waals surface area contributed by atoms with Gasteiger partial charge in [-0.2, -0.15) is 0 Å². The standard InChI is InChI=1S/C10H16N2/c1-9-4-2-5-10(8-9)6-3-7-12-11/h2,4-5,8,12H,3,6-7,11H2,1H3. The van der Waals surface area contributed by atoms with Crippen LogP contribution in [0.2, 0.25) is 0 Å². The largest absolute Gasteiger partial charge is 0.271 e. The Bertz CT molecular complexity index is 233. The first-order valence-corrected chi connectivity index (χ1v) is 4.32. The molecule has 0 fully saturated rings. The number of hydrogen-bond donors (Lipinski definition) is 2. The SMILES string of the molecule is Cc1cccc(CCCNN)c1. The molecule has 0 amide bonds. The molecule has 0 atom stereocenters. The quantitative estimate of drug-likeness (QED) is 0.401. The van der Waals surface area contributed by atoms with Gasteiger partial charge in [0.25, 0.3) is 0 Å². The van der Waals surface area contributed by atoms with Gasteiger partial charge in [-0.1, -0.05) is 29.8 Å². The molecule has 0 aliphatic rings. The molecule has 0 spiro atoms. The van der Waals surface area contributed by atoms with Crippen molar-refractivity contribution in [3.63, 3.8) is 0 Å². The van der Waals surface area contributed by atoms with Crippen molar-refractivity contribution in [3.8, 4) is 0 Å². The maximum atomic E-state index is 5.17. The van der Waals surface area contributed by atoms with Gasteiger partial charge in [0.05, 0.1) is 0 Å². The van der Waals surface area contributed by atoms with Crippen LogP contribution in [-0.4, -0.2) is 6.54 Å². The number of benzene rings is 1. The third-order valence-corrected chi connectivity index (χ3v) is 1.87. The van der Waals surface area contributed by atoms with Crippen LogP contribution in [-0.2, 0) is 6.42 Å². The van der Waals surface area contributed by atoms with Gasteiger partial charge >= 0.3 is 0 Å². The molecular formula is C10H16N2. The van der Waals surface area contributed by atoms with Gasteiger partial charge in [-0.05, 0) is 25.3 Å². The van der Waals surface area contributed by atoms with E-state index in [1.54, 1.807) is 0 Å². The number of nitrogens with one attached hydrogen (secondary N) is 1. The van der Waals surface area contributed by atoms with E-state index in [2.05, 4.69) is 36.6 Å². The second-order valence-electron chi connectivity index (χ2n) is 3.05. The average molecular weight is 164 g/mol. The van der Waals surface area contributed by atoms with E-state index in [4.69, 9.17) is 5.84 Å². The maximum absolute atomic E-state index is 5.17. The van der Waals surface area contributed by atoms with Crippen LogP contribution in [0.1, 0.15) is 17.5 Å². The van der Waals surface area contributed by atoms with Gasteiger partial charge in [-0.25, -0.2) is 0 Å². The number of rotatable bonds is 4. The Labute approximate surface area is 73.8 Å². The van der Waals surface area contributed by atoms with Gasteiger partial charge in [0.15, 0.2) is 0 Å². The van der Waals surface area contributed by atoms with Crippen molar-refractivity contribution in [2.24, 2.45) is 5.84 Å². The van der Waals surface area contributed by atoms with Crippen LogP contribution < -0.4 is 11.3 Å². The smallest absolute Gasteiger partial charge is 0.0101 e. The first-order chi connectivity index (χ1) is 5.83. The third kappa shape index (κ3) is 3.03. The lowest BCUT2D eigenvalue weighted by atomic mass is 10.1. The van der Waals surface area contributed by atoms with E-state index in [1.807, 2.05) is 0 Å². The van der Waals surface area contributed by atoms with Crippen molar-refractivity contribution in [1.29, 1.82) is 0 Å². The van der Waals surface area contributed by atoms with Gasteiger partial charge < -0.3 is 0 Å². The summed E-state index contributed by atoms with van der Waals surface area (Å²) in [6.07, 6.45) is 2.20. The Morgan fingerprint density at radius 1 is 1.42 bits per heavy atom. The lowest BCUT2D eigenvalue weighted by molar-refractivity contribution is 0.679. The van der Waals surface area contributed by atoms with Crippen molar-refractivity contribution >= 4 is 0 Å². The van der Waals surface area contributed by atoms with Gasteiger partial charge in [0.1, 0.15) is 0 Å². The van der Waals surface area contributed by atoms with Crippen molar-refractivity contribution in [3.05, 3.63) is 35.4 Å². The van der Waals surface area contributed by atoms with Crippen LogP contribution in [0.15, 0.2) is 24.3 Å². The fourth-order valence-corrected chi connectivity index (χ4v) is 1.26. The van der Waals surface area contributed by atoms with E-state index < -0.39 is 0 Å². The average Bonchev–Trinajstić information content (AvgIpc) is 2.05. The Morgan fingerprint density at radius 3 is 2.92 bits per heavy atom. The number of nitrogens with two attached hydrogens (primary N) is 1. The summed E-state index contributed by atoms with van der Waals surface area (Å²) in [6, 6.07) is 8.59. The molecule has 0 aliphatic carbocycles. The van der Waals surface area contributed by atoms with Crippen molar-refractivity contribution in [2.75, 3.05) is 6.54 Å². The highest BCUT2D eigenvalue weighted by Gasteiger charge is 1.92. The molecule has 1 rings (SSSR count). The summed E-state index contributed by atoms with van der Waals surface area (Å²) in [4.78, 5) is 0. The van der Waals surface area contributed by atoms with E-state index in [-0.39, 0.29) is 0 Å². The molecule has 0 unspecified atom stereocenters. The summed E-state index contributed by atoms with van der Waals surface area (Å²) < 4.78 is 0. The molecule has 0 aromatic heterocycles.